The number of carbonyl (C=O) groups is 1. The molecule has 0 fully saturated rings. The van der Waals surface area contributed by atoms with E-state index >= 15 is 0 Å². The van der Waals surface area contributed by atoms with Gasteiger partial charge in [0, 0.05) is 12.2 Å². The molecule has 0 spiro atoms. The number of rotatable bonds is 7. The van der Waals surface area contributed by atoms with Crippen molar-refractivity contribution in [3.8, 4) is 0 Å². The highest BCUT2D eigenvalue weighted by Crippen LogP contribution is 2.11. The number of amidine groups is 1. The molecule has 0 rings (SSSR count). The standard InChI is InChI=1S/C9H20N4O2S/c1-7(9(14)15-2)3-5-16-6-4-8(12-10)13-11/h7H,3-6,10-11H2,1-2H3,(H,12,13). The van der Waals surface area contributed by atoms with Gasteiger partial charge >= 0.3 is 5.97 Å². The van der Waals surface area contributed by atoms with E-state index < -0.39 is 0 Å². The summed E-state index contributed by atoms with van der Waals surface area (Å²) in [4.78, 5) is 11.1. The maximum Gasteiger partial charge on any atom is 0.308 e. The van der Waals surface area contributed by atoms with Crippen LogP contribution in [0.2, 0.25) is 0 Å². The minimum absolute atomic E-state index is 0.0484. The Kier molecular flexibility index (Phi) is 8.74. The second-order valence-corrected chi connectivity index (χ2v) is 4.52. The number of ether oxygens (including phenoxy) is 1. The number of carbonyl (C=O) groups excluding carboxylic acids is 1. The van der Waals surface area contributed by atoms with Gasteiger partial charge in [0.25, 0.3) is 0 Å². The van der Waals surface area contributed by atoms with Gasteiger partial charge in [-0.15, -0.1) is 0 Å². The summed E-state index contributed by atoms with van der Waals surface area (Å²) in [5.41, 5.74) is 2.42. The van der Waals surface area contributed by atoms with Crippen LogP contribution in [0.15, 0.2) is 5.10 Å². The van der Waals surface area contributed by atoms with E-state index in [2.05, 4.69) is 15.3 Å². The highest BCUT2D eigenvalue weighted by molar-refractivity contribution is 7.99. The van der Waals surface area contributed by atoms with Gasteiger partial charge in [-0.25, -0.2) is 5.84 Å². The molecule has 0 bridgehead atoms. The molecular formula is C9H20N4O2S. The summed E-state index contributed by atoms with van der Waals surface area (Å²) in [6.07, 6.45) is 1.51. The molecule has 0 saturated heterocycles. The van der Waals surface area contributed by atoms with E-state index in [1.54, 1.807) is 11.8 Å². The van der Waals surface area contributed by atoms with Gasteiger partial charge in [0.15, 0.2) is 0 Å². The number of hydrazone groups is 1. The van der Waals surface area contributed by atoms with E-state index in [-0.39, 0.29) is 11.9 Å². The first-order valence-corrected chi connectivity index (χ1v) is 6.20. The molecule has 1 unspecified atom stereocenters. The first kappa shape index (κ1) is 15.0. The van der Waals surface area contributed by atoms with E-state index in [1.165, 1.54) is 7.11 Å². The lowest BCUT2D eigenvalue weighted by Gasteiger charge is -2.08. The normalized spacial score (nSPS) is 13.3. The largest absolute Gasteiger partial charge is 0.469 e. The van der Waals surface area contributed by atoms with Gasteiger partial charge in [-0.05, 0) is 12.2 Å². The molecule has 0 heterocycles. The van der Waals surface area contributed by atoms with Crippen molar-refractivity contribution in [2.45, 2.75) is 19.8 Å². The molecule has 5 N–H and O–H groups in total. The first-order valence-electron chi connectivity index (χ1n) is 5.04. The Labute approximate surface area is 100 Å². The summed E-state index contributed by atoms with van der Waals surface area (Å²) in [5, 5.41) is 3.47. The summed E-state index contributed by atoms with van der Waals surface area (Å²) in [6, 6.07) is 0. The minimum atomic E-state index is -0.159. The quantitative estimate of drug-likeness (QED) is 0.147. The number of nitrogens with zero attached hydrogens (tertiary/aromatic N) is 1. The van der Waals surface area contributed by atoms with Crippen LogP contribution in [0, 0.1) is 5.92 Å². The lowest BCUT2D eigenvalue weighted by molar-refractivity contribution is -0.144. The van der Waals surface area contributed by atoms with Crippen LogP contribution in [0.4, 0.5) is 0 Å². The molecule has 0 saturated carbocycles. The highest BCUT2D eigenvalue weighted by atomic mass is 32.2. The average Bonchev–Trinajstić information content (AvgIpc) is 2.32. The van der Waals surface area contributed by atoms with Gasteiger partial charge < -0.3 is 16.0 Å². The third-order valence-electron chi connectivity index (χ3n) is 2.10. The summed E-state index contributed by atoms with van der Waals surface area (Å²) in [5.74, 6) is 12.4. The zero-order chi connectivity index (χ0) is 12.4. The monoisotopic (exact) mass is 248 g/mol. The van der Waals surface area contributed by atoms with Gasteiger partial charge in [-0.3, -0.25) is 4.79 Å². The van der Waals surface area contributed by atoms with Crippen LogP contribution in [0.5, 0.6) is 0 Å². The molecule has 94 valence electrons. The fourth-order valence-electron chi connectivity index (χ4n) is 1.02. The van der Waals surface area contributed by atoms with Crippen LogP contribution in [0.25, 0.3) is 0 Å². The van der Waals surface area contributed by atoms with E-state index in [4.69, 9.17) is 11.7 Å². The minimum Gasteiger partial charge on any atom is -0.469 e. The van der Waals surface area contributed by atoms with E-state index in [1.807, 2.05) is 6.92 Å². The summed E-state index contributed by atoms with van der Waals surface area (Å²) in [6.45, 7) is 1.86. The predicted molar refractivity (Wildman–Crippen MR) is 66.7 cm³/mol. The van der Waals surface area contributed by atoms with Crippen molar-refractivity contribution in [3.63, 3.8) is 0 Å². The van der Waals surface area contributed by atoms with Crippen molar-refractivity contribution in [3.05, 3.63) is 0 Å². The number of hydrogen-bond donors (Lipinski definition) is 3. The van der Waals surface area contributed by atoms with Crippen molar-refractivity contribution in [1.29, 1.82) is 0 Å². The molecular weight excluding hydrogens is 228 g/mol. The van der Waals surface area contributed by atoms with Crippen LogP contribution < -0.4 is 17.1 Å². The van der Waals surface area contributed by atoms with Crippen molar-refractivity contribution < 1.29 is 9.53 Å². The zero-order valence-electron chi connectivity index (χ0n) is 9.73. The van der Waals surface area contributed by atoms with E-state index in [0.717, 1.165) is 17.9 Å². The molecule has 6 nitrogen and oxygen atoms in total. The van der Waals surface area contributed by atoms with Gasteiger partial charge in [0.1, 0.15) is 5.84 Å². The van der Waals surface area contributed by atoms with Crippen LogP contribution in [-0.4, -0.2) is 30.4 Å². The molecule has 16 heavy (non-hydrogen) atoms. The molecule has 0 aliphatic carbocycles. The Morgan fingerprint density at radius 2 is 2.25 bits per heavy atom. The fourth-order valence-corrected chi connectivity index (χ4v) is 2.09. The second kappa shape index (κ2) is 9.29. The third-order valence-corrected chi connectivity index (χ3v) is 3.12. The molecule has 1 atom stereocenters. The van der Waals surface area contributed by atoms with Gasteiger partial charge in [0.2, 0.25) is 0 Å². The maximum absolute atomic E-state index is 11.1. The first-order chi connectivity index (χ1) is 7.65. The van der Waals surface area contributed by atoms with Gasteiger partial charge in [-0.2, -0.15) is 16.9 Å². The number of nitrogens with two attached hydrogens (primary N) is 2. The highest BCUT2D eigenvalue weighted by Gasteiger charge is 2.12. The number of esters is 1. The molecule has 0 aliphatic rings. The molecule has 0 aromatic rings. The Morgan fingerprint density at radius 3 is 2.75 bits per heavy atom. The molecule has 0 radical (unpaired) electrons. The Morgan fingerprint density at radius 1 is 1.56 bits per heavy atom. The zero-order valence-corrected chi connectivity index (χ0v) is 10.5. The lowest BCUT2D eigenvalue weighted by Crippen LogP contribution is -2.31. The van der Waals surface area contributed by atoms with E-state index in [0.29, 0.717) is 12.3 Å². The van der Waals surface area contributed by atoms with Crippen LogP contribution in [0.3, 0.4) is 0 Å². The van der Waals surface area contributed by atoms with Crippen molar-refractivity contribution in [2.24, 2.45) is 22.7 Å². The van der Waals surface area contributed by atoms with Crippen LogP contribution in [0.1, 0.15) is 19.8 Å². The molecule has 0 aromatic carbocycles. The number of methoxy groups -OCH3 is 1. The number of nitrogens with one attached hydrogen (secondary N) is 1. The lowest BCUT2D eigenvalue weighted by atomic mass is 10.1. The van der Waals surface area contributed by atoms with Gasteiger partial charge in [0.05, 0.1) is 13.0 Å². The van der Waals surface area contributed by atoms with Crippen LogP contribution >= 0.6 is 11.8 Å². The molecule has 0 amide bonds. The van der Waals surface area contributed by atoms with Crippen molar-refractivity contribution in [2.75, 3.05) is 18.6 Å². The van der Waals surface area contributed by atoms with E-state index in [9.17, 15) is 4.79 Å². The predicted octanol–water partition coefficient (Wildman–Crippen LogP) is 0.0444. The smallest absolute Gasteiger partial charge is 0.308 e. The molecule has 0 aromatic heterocycles. The number of thioether (sulfide) groups is 1. The summed E-state index contributed by atoms with van der Waals surface area (Å²) in [7, 11) is 1.41. The number of hydrazine groups is 1. The molecule has 7 heteroatoms. The van der Waals surface area contributed by atoms with Crippen molar-refractivity contribution >= 4 is 23.6 Å². The average molecular weight is 248 g/mol. The Balaban J connectivity index is 3.50. The maximum atomic E-state index is 11.1. The molecule has 0 aliphatic heterocycles. The number of hydrogen-bond acceptors (Lipinski definition) is 6. The summed E-state index contributed by atoms with van der Waals surface area (Å²) >= 11 is 1.73. The Bertz CT molecular complexity index is 236. The van der Waals surface area contributed by atoms with Gasteiger partial charge in [-0.1, -0.05) is 6.92 Å². The van der Waals surface area contributed by atoms with Crippen molar-refractivity contribution in [1.82, 2.24) is 5.43 Å². The topological polar surface area (TPSA) is 103 Å². The van der Waals surface area contributed by atoms with Crippen LogP contribution in [-0.2, 0) is 9.53 Å². The second-order valence-electron chi connectivity index (χ2n) is 3.30. The summed E-state index contributed by atoms with van der Waals surface area (Å²) < 4.78 is 4.63. The SMILES string of the molecule is COC(=O)C(C)CCSCC/C(=N/N)NN. The fraction of sp³-hybridized carbons (Fsp3) is 0.778. The Hall–Kier alpha value is -0.950. The third kappa shape index (κ3) is 6.52.